The van der Waals surface area contributed by atoms with Crippen molar-refractivity contribution in [3.05, 3.63) is 72.9 Å². The Bertz CT molecular complexity index is 1390. The smallest absolute Gasteiger partial charge is 0.462 e. The van der Waals surface area contributed by atoms with E-state index in [9.17, 15) is 19.0 Å². The van der Waals surface area contributed by atoms with Crippen LogP contribution in [-0.4, -0.2) is 49.3 Å². The van der Waals surface area contributed by atoms with Gasteiger partial charge in [-0.25, -0.2) is 4.57 Å². The molecule has 71 heavy (non-hydrogen) atoms. The van der Waals surface area contributed by atoms with Crippen LogP contribution >= 0.6 is 7.82 Å². The summed E-state index contributed by atoms with van der Waals surface area (Å²) in [5.74, 6) is -0.818. The minimum absolute atomic E-state index is 0.0540. The van der Waals surface area contributed by atoms with Crippen molar-refractivity contribution in [1.82, 2.24) is 0 Å². The zero-order valence-electron chi connectivity index (χ0n) is 45.9. The van der Waals surface area contributed by atoms with Crippen molar-refractivity contribution in [2.75, 3.05) is 26.4 Å². The van der Waals surface area contributed by atoms with Crippen molar-refractivity contribution in [3.63, 3.8) is 0 Å². The summed E-state index contributed by atoms with van der Waals surface area (Å²) in [6.45, 7) is 3.65. The average molecular weight is 1020 g/mol. The van der Waals surface area contributed by atoms with Crippen LogP contribution in [0.15, 0.2) is 72.9 Å². The van der Waals surface area contributed by atoms with E-state index in [0.717, 1.165) is 77.0 Å². The molecule has 2 unspecified atom stereocenters. The van der Waals surface area contributed by atoms with Gasteiger partial charge in [-0.3, -0.25) is 18.6 Å². The van der Waals surface area contributed by atoms with Crippen LogP contribution in [0, 0.1) is 0 Å². The Morgan fingerprint density at radius 3 is 1.15 bits per heavy atom. The number of unbranched alkanes of at least 4 members (excludes halogenated alkanes) is 30. The summed E-state index contributed by atoms with van der Waals surface area (Å²) >= 11 is 0. The highest BCUT2D eigenvalue weighted by Crippen LogP contribution is 2.43. The molecule has 10 heteroatoms. The third-order valence-corrected chi connectivity index (χ3v) is 13.6. The van der Waals surface area contributed by atoms with E-state index in [1.54, 1.807) is 0 Å². The normalized spacial score (nSPS) is 13.6. The lowest BCUT2D eigenvalue weighted by atomic mass is 10.0. The van der Waals surface area contributed by atoms with Crippen molar-refractivity contribution in [3.8, 4) is 0 Å². The van der Waals surface area contributed by atoms with Gasteiger partial charge >= 0.3 is 19.8 Å². The van der Waals surface area contributed by atoms with Gasteiger partial charge in [0.25, 0.3) is 0 Å². The first kappa shape index (κ1) is 68.5. The Kier molecular flexibility index (Phi) is 54.7. The Morgan fingerprint density at radius 2 is 0.775 bits per heavy atom. The molecule has 0 aromatic rings. The fraction of sp³-hybridized carbons (Fsp3) is 0.770. The lowest BCUT2D eigenvalue weighted by Gasteiger charge is -2.19. The molecular formula is C61H110NO8P. The molecule has 0 aromatic carbocycles. The predicted octanol–water partition coefficient (Wildman–Crippen LogP) is 18.5. The fourth-order valence-electron chi connectivity index (χ4n) is 8.29. The second-order valence-electron chi connectivity index (χ2n) is 19.5. The molecule has 2 atom stereocenters. The minimum atomic E-state index is -4.38. The predicted molar refractivity (Wildman–Crippen MR) is 302 cm³/mol. The molecule has 0 rings (SSSR count). The molecule has 0 fully saturated rings. The summed E-state index contributed by atoms with van der Waals surface area (Å²) in [4.78, 5) is 35.1. The van der Waals surface area contributed by atoms with Gasteiger partial charge < -0.3 is 20.1 Å². The van der Waals surface area contributed by atoms with E-state index < -0.39 is 26.5 Å². The lowest BCUT2D eigenvalue weighted by molar-refractivity contribution is -0.161. The molecule has 0 bridgehead atoms. The number of hydrogen-bond donors (Lipinski definition) is 2. The second-order valence-corrected chi connectivity index (χ2v) is 20.9. The Hall–Kier alpha value is -2.55. The summed E-state index contributed by atoms with van der Waals surface area (Å²) in [7, 11) is -4.38. The van der Waals surface area contributed by atoms with Crippen LogP contribution in [0.1, 0.15) is 271 Å². The van der Waals surface area contributed by atoms with Gasteiger partial charge in [0.05, 0.1) is 13.2 Å². The van der Waals surface area contributed by atoms with Crippen LogP contribution in [0.5, 0.6) is 0 Å². The highest BCUT2D eigenvalue weighted by atomic mass is 31.2. The zero-order valence-corrected chi connectivity index (χ0v) is 46.8. The van der Waals surface area contributed by atoms with Gasteiger partial charge in [-0.15, -0.1) is 0 Å². The maximum atomic E-state index is 12.7. The van der Waals surface area contributed by atoms with Gasteiger partial charge in [0.15, 0.2) is 6.10 Å². The molecule has 0 aromatic heterocycles. The molecule has 0 aliphatic carbocycles. The summed E-state index contributed by atoms with van der Waals surface area (Å²) in [5, 5.41) is 0. The molecule has 0 heterocycles. The number of phosphoric ester groups is 1. The molecule has 0 aliphatic heterocycles. The zero-order chi connectivity index (χ0) is 51.7. The van der Waals surface area contributed by atoms with Gasteiger partial charge in [-0.2, -0.15) is 0 Å². The van der Waals surface area contributed by atoms with Crippen molar-refractivity contribution in [2.45, 2.75) is 277 Å². The summed E-state index contributed by atoms with van der Waals surface area (Å²) < 4.78 is 33.0. The monoisotopic (exact) mass is 1020 g/mol. The van der Waals surface area contributed by atoms with E-state index in [2.05, 4.69) is 86.8 Å². The maximum absolute atomic E-state index is 12.7. The standard InChI is InChI=1S/C61H110NO8P/c1-3-5-7-9-11-13-15-17-18-19-20-21-22-23-24-25-26-27-28-29-30-31-32-33-34-35-36-37-38-39-40-42-44-46-48-50-52-54-61(64)70-59(58-69-71(65,66)68-56-55-62)57-67-60(63)53-51-49-47-45-43-41-16-14-12-10-8-6-4-2/h5,7,11,13,17-18,20-21,23-24,26-27,59H,3-4,6,8-10,12,14-16,19,22,25,28-58,62H2,1-2H3,(H,65,66)/b7-5-,13-11-,18-17-,21-20-,24-23-,27-26-. The number of esters is 2. The van der Waals surface area contributed by atoms with E-state index in [0.29, 0.717) is 6.42 Å². The van der Waals surface area contributed by atoms with Crippen LogP contribution in [0.25, 0.3) is 0 Å². The Balaban J connectivity index is 3.83. The molecular weight excluding hydrogens is 906 g/mol. The number of carbonyl (C=O) groups excluding carboxylic acids is 2. The highest BCUT2D eigenvalue weighted by molar-refractivity contribution is 7.47. The first-order valence-corrected chi connectivity index (χ1v) is 30.9. The van der Waals surface area contributed by atoms with Gasteiger partial charge in [-0.1, -0.05) is 267 Å². The van der Waals surface area contributed by atoms with Crippen molar-refractivity contribution in [1.29, 1.82) is 0 Å². The number of rotatable bonds is 55. The van der Waals surface area contributed by atoms with E-state index in [1.165, 1.54) is 161 Å². The van der Waals surface area contributed by atoms with E-state index in [-0.39, 0.29) is 38.6 Å². The Morgan fingerprint density at radius 1 is 0.437 bits per heavy atom. The molecule has 412 valence electrons. The van der Waals surface area contributed by atoms with Crippen LogP contribution < -0.4 is 5.73 Å². The average Bonchev–Trinajstić information content (AvgIpc) is 3.36. The third kappa shape index (κ3) is 56.6. The van der Waals surface area contributed by atoms with Gasteiger partial charge in [0.2, 0.25) is 0 Å². The SMILES string of the molecule is CC/C=C\C/C=C\C/C=C\C/C=C\C/C=C\C/C=C\CCCCCCCCCCCCCCCCCCCCC(=O)OC(COC(=O)CCCCCCCCCCCCCCC)COP(=O)(O)OCCN. The van der Waals surface area contributed by atoms with Gasteiger partial charge in [0, 0.05) is 19.4 Å². The summed E-state index contributed by atoms with van der Waals surface area (Å²) in [6, 6.07) is 0. The largest absolute Gasteiger partial charge is 0.472 e. The number of nitrogens with two attached hydrogens (primary N) is 1. The van der Waals surface area contributed by atoms with Gasteiger partial charge in [-0.05, 0) is 64.2 Å². The summed E-state index contributed by atoms with van der Waals surface area (Å²) in [5.41, 5.74) is 5.37. The number of phosphoric acid groups is 1. The fourth-order valence-corrected chi connectivity index (χ4v) is 9.05. The first-order valence-electron chi connectivity index (χ1n) is 29.4. The highest BCUT2D eigenvalue weighted by Gasteiger charge is 2.26. The number of hydrogen-bond acceptors (Lipinski definition) is 8. The lowest BCUT2D eigenvalue weighted by Crippen LogP contribution is -2.29. The number of ether oxygens (including phenoxy) is 2. The van der Waals surface area contributed by atoms with Crippen molar-refractivity contribution >= 4 is 19.8 Å². The van der Waals surface area contributed by atoms with Crippen molar-refractivity contribution < 1.29 is 37.6 Å². The molecule has 0 radical (unpaired) electrons. The van der Waals surface area contributed by atoms with E-state index in [1.807, 2.05) is 0 Å². The van der Waals surface area contributed by atoms with E-state index >= 15 is 0 Å². The maximum Gasteiger partial charge on any atom is 0.472 e. The van der Waals surface area contributed by atoms with Crippen LogP contribution in [0.2, 0.25) is 0 Å². The second kappa shape index (κ2) is 56.7. The first-order chi connectivity index (χ1) is 34.8. The van der Waals surface area contributed by atoms with Crippen molar-refractivity contribution in [2.24, 2.45) is 5.73 Å². The third-order valence-electron chi connectivity index (χ3n) is 12.6. The quantitative estimate of drug-likeness (QED) is 0.0264. The van der Waals surface area contributed by atoms with Crippen LogP contribution in [0.3, 0.4) is 0 Å². The molecule has 9 nitrogen and oxygen atoms in total. The molecule has 3 N–H and O–H groups in total. The number of carbonyl (C=O) groups is 2. The molecule has 0 spiro atoms. The topological polar surface area (TPSA) is 134 Å². The number of allylic oxidation sites excluding steroid dienone is 12. The van der Waals surface area contributed by atoms with Crippen LogP contribution in [0.4, 0.5) is 0 Å². The van der Waals surface area contributed by atoms with Gasteiger partial charge in [0.1, 0.15) is 6.61 Å². The molecule has 0 saturated carbocycles. The van der Waals surface area contributed by atoms with E-state index in [4.69, 9.17) is 24.3 Å². The molecule has 0 saturated heterocycles. The molecule has 0 amide bonds. The molecule has 0 aliphatic rings. The summed E-state index contributed by atoms with van der Waals surface area (Å²) in [6.07, 6.45) is 72.6. The van der Waals surface area contributed by atoms with Crippen LogP contribution in [-0.2, 0) is 32.7 Å². The minimum Gasteiger partial charge on any atom is -0.462 e. The Labute approximate surface area is 437 Å².